The van der Waals surface area contributed by atoms with Crippen molar-refractivity contribution < 1.29 is 10.0 Å². The Kier molecular flexibility index (Phi) is 3.06. The number of nitro groups is 1. The first-order valence-corrected chi connectivity index (χ1v) is 4.54. The quantitative estimate of drug-likeness (QED) is 0.576. The Bertz CT molecular complexity index is 388. The maximum Gasteiger partial charge on any atom is 0.274 e. The van der Waals surface area contributed by atoms with Gasteiger partial charge in [0.2, 0.25) is 0 Å². The molecule has 0 aliphatic rings. The molecule has 0 fully saturated rings. The van der Waals surface area contributed by atoms with Gasteiger partial charge < -0.3 is 10.8 Å². The Morgan fingerprint density at radius 2 is 2.20 bits per heavy atom. The van der Waals surface area contributed by atoms with Crippen molar-refractivity contribution in [2.45, 2.75) is 19.4 Å². The summed E-state index contributed by atoms with van der Waals surface area (Å²) >= 11 is 0. The van der Waals surface area contributed by atoms with E-state index < -0.39 is 10.5 Å². The second kappa shape index (κ2) is 3.96. The van der Waals surface area contributed by atoms with E-state index in [1.54, 1.807) is 26.0 Å². The van der Waals surface area contributed by atoms with E-state index in [9.17, 15) is 10.1 Å². The van der Waals surface area contributed by atoms with Gasteiger partial charge in [-0.2, -0.15) is 0 Å². The van der Waals surface area contributed by atoms with Crippen molar-refractivity contribution in [3.8, 4) is 0 Å². The van der Waals surface area contributed by atoms with Gasteiger partial charge in [-0.05, 0) is 25.5 Å². The third kappa shape index (κ3) is 2.31. The molecule has 1 aromatic rings. The van der Waals surface area contributed by atoms with Crippen LogP contribution >= 0.6 is 0 Å². The lowest BCUT2D eigenvalue weighted by Crippen LogP contribution is -2.37. The average molecular weight is 210 g/mol. The number of aryl methyl sites for hydroxylation is 1. The van der Waals surface area contributed by atoms with Crippen molar-refractivity contribution >= 4 is 5.69 Å². The molecule has 5 heteroatoms. The molecule has 82 valence electrons. The van der Waals surface area contributed by atoms with Crippen LogP contribution in [0.4, 0.5) is 5.69 Å². The predicted octanol–water partition coefficient (Wildman–Crippen LogP) is 1.07. The van der Waals surface area contributed by atoms with Crippen LogP contribution in [0.2, 0.25) is 0 Å². The minimum Gasteiger partial charge on any atom is -0.394 e. The highest BCUT2D eigenvalue weighted by atomic mass is 16.6. The van der Waals surface area contributed by atoms with Gasteiger partial charge in [0.1, 0.15) is 0 Å². The lowest BCUT2D eigenvalue weighted by Gasteiger charge is -2.22. The normalized spacial score (nSPS) is 14.7. The molecule has 0 heterocycles. The van der Waals surface area contributed by atoms with Crippen LogP contribution in [0.1, 0.15) is 18.1 Å². The Labute approximate surface area is 87.7 Å². The lowest BCUT2D eigenvalue weighted by atomic mass is 9.92. The summed E-state index contributed by atoms with van der Waals surface area (Å²) in [5.74, 6) is 0. The van der Waals surface area contributed by atoms with Gasteiger partial charge in [0.05, 0.1) is 22.6 Å². The predicted molar refractivity (Wildman–Crippen MR) is 56.5 cm³/mol. The van der Waals surface area contributed by atoms with Crippen LogP contribution in [-0.4, -0.2) is 16.6 Å². The van der Waals surface area contributed by atoms with E-state index in [1.165, 1.54) is 6.07 Å². The Balaban J connectivity index is 3.35. The largest absolute Gasteiger partial charge is 0.394 e. The molecule has 0 unspecified atom stereocenters. The van der Waals surface area contributed by atoms with Gasteiger partial charge in [0, 0.05) is 6.07 Å². The van der Waals surface area contributed by atoms with Crippen LogP contribution in [0.25, 0.3) is 0 Å². The molecule has 5 nitrogen and oxygen atoms in total. The van der Waals surface area contributed by atoms with E-state index in [1.807, 2.05) is 0 Å². The molecule has 0 spiro atoms. The minimum atomic E-state index is -1.09. The fraction of sp³-hybridized carbons (Fsp3) is 0.400. The zero-order valence-corrected chi connectivity index (χ0v) is 8.73. The van der Waals surface area contributed by atoms with Gasteiger partial charge in [0.25, 0.3) is 5.69 Å². The number of nitrogens with two attached hydrogens (primary N) is 1. The zero-order chi connectivity index (χ0) is 11.6. The van der Waals surface area contributed by atoms with E-state index in [0.717, 1.165) is 5.56 Å². The Morgan fingerprint density at radius 3 is 2.67 bits per heavy atom. The molecule has 0 saturated carbocycles. The first kappa shape index (κ1) is 11.6. The van der Waals surface area contributed by atoms with Crippen LogP contribution in [0.3, 0.4) is 0 Å². The topological polar surface area (TPSA) is 89.4 Å². The molecule has 0 aliphatic heterocycles. The number of aliphatic hydroxyl groups excluding tert-OH is 1. The first-order valence-electron chi connectivity index (χ1n) is 4.54. The number of aliphatic hydroxyl groups is 1. The molecule has 0 aromatic heterocycles. The fourth-order valence-corrected chi connectivity index (χ4v) is 1.36. The highest BCUT2D eigenvalue weighted by Crippen LogP contribution is 2.28. The summed E-state index contributed by atoms with van der Waals surface area (Å²) < 4.78 is 0. The summed E-state index contributed by atoms with van der Waals surface area (Å²) in [5, 5.41) is 19.9. The van der Waals surface area contributed by atoms with Crippen LogP contribution in [0.5, 0.6) is 0 Å². The van der Waals surface area contributed by atoms with Crippen molar-refractivity contribution in [1.82, 2.24) is 0 Å². The smallest absolute Gasteiger partial charge is 0.274 e. The van der Waals surface area contributed by atoms with E-state index in [-0.39, 0.29) is 12.3 Å². The second-order valence-electron chi connectivity index (χ2n) is 3.85. The number of hydrogen-bond donors (Lipinski definition) is 2. The van der Waals surface area contributed by atoms with Gasteiger partial charge in [0.15, 0.2) is 0 Å². The second-order valence-corrected chi connectivity index (χ2v) is 3.85. The number of benzene rings is 1. The van der Waals surface area contributed by atoms with Crippen LogP contribution in [0.15, 0.2) is 18.2 Å². The van der Waals surface area contributed by atoms with Crippen molar-refractivity contribution in [2.24, 2.45) is 5.73 Å². The lowest BCUT2D eigenvalue weighted by molar-refractivity contribution is -0.386. The number of nitro benzene ring substituents is 1. The fourth-order valence-electron chi connectivity index (χ4n) is 1.36. The van der Waals surface area contributed by atoms with Crippen LogP contribution in [-0.2, 0) is 5.54 Å². The van der Waals surface area contributed by atoms with Crippen molar-refractivity contribution in [3.05, 3.63) is 39.4 Å². The molecule has 0 radical (unpaired) electrons. The van der Waals surface area contributed by atoms with Gasteiger partial charge in [-0.25, -0.2) is 0 Å². The number of hydrogen-bond acceptors (Lipinski definition) is 4. The summed E-state index contributed by atoms with van der Waals surface area (Å²) in [4.78, 5) is 10.3. The highest BCUT2D eigenvalue weighted by Gasteiger charge is 2.28. The Hall–Kier alpha value is -1.46. The van der Waals surface area contributed by atoms with Crippen molar-refractivity contribution in [2.75, 3.05) is 6.61 Å². The highest BCUT2D eigenvalue weighted by molar-refractivity contribution is 5.46. The minimum absolute atomic E-state index is 0.0472. The summed E-state index contributed by atoms with van der Waals surface area (Å²) in [7, 11) is 0. The van der Waals surface area contributed by atoms with E-state index >= 15 is 0 Å². The molecular formula is C10H14N2O3. The average Bonchev–Trinajstić information content (AvgIpc) is 2.17. The molecular weight excluding hydrogens is 196 g/mol. The molecule has 15 heavy (non-hydrogen) atoms. The summed E-state index contributed by atoms with van der Waals surface area (Å²) in [6.07, 6.45) is 0. The first-order chi connectivity index (χ1) is 6.88. The van der Waals surface area contributed by atoms with E-state index in [4.69, 9.17) is 10.8 Å². The van der Waals surface area contributed by atoms with E-state index in [2.05, 4.69) is 0 Å². The molecule has 0 aliphatic carbocycles. The molecule has 0 bridgehead atoms. The Morgan fingerprint density at radius 1 is 1.60 bits per heavy atom. The van der Waals surface area contributed by atoms with Gasteiger partial charge >= 0.3 is 0 Å². The summed E-state index contributed by atoms with van der Waals surface area (Å²) in [6.45, 7) is 2.99. The third-order valence-electron chi connectivity index (χ3n) is 2.29. The van der Waals surface area contributed by atoms with E-state index in [0.29, 0.717) is 5.56 Å². The van der Waals surface area contributed by atoms with Crippen molar-refractivity contribution in [1.29, 1.82) is 0 Å². The van der Waals surface area contributed by atoms with Gasteiger partial charge in [-0.1, -0.05) is 6.07 Å². The molecule has 1 rings (SSSR count). The maximum atomic E-state index is 10.8. The molecule has 0 saturated heterocycles. The van der Waals surface area contributed by atoms with Gasteiger partial charge in [-0.3, -0.25) is 10.1 Å². The van der Waals surface area contributed by atoms with Crippen LogP contribution < -0.4 is 5.73 Å². The standard InChI is InChI=1S/C10H14N2O3/c1-7-3-4-8(10(2,11)6-13)9(5-7)12(14)15/h3-5,13H,6,11H2,1-2H3/t10-/m1/s1. The van der Waals surface area contributed by atoms with Crippen molar-refractivity contribution in [3.63, 3.8) is 0 Å². The molecule has 1 atom stereocenters. The van der Waals surface area contributed by atoms with Crippen LogP contribution in [0, 0.1) is 17.0 Å². The zero-order valence-electron chi connectivity index (χ0n) is 8.73. The summed E-state index contributed by atoms with van der Waals surface area (Å²) in [6, 6.07) is 4.78. The molecule has 1 aromatic carbocycles. The third-order valence-corrected chi connectivity index (χ3v) is 2.29. The maximum absolute atomic E-state index is 10.8. The number of nitrogens with zero attached hydrogens (tertiary/aromatic N) is 1. The van der Waals surface area contributed by atoms with Gasteiger partial charge in [-0.15, -0.1) is 0 Å². The number of rotatable bonds is 3. The molecule has 0 amide bonds. The SMILES string of the molecule is Cc1ccc([C@](C)(N)CO)c([N+](=O)[O-])c1. The monoisotopic (exact) mass is 210 g/mol. The molecule has 3 N–H and O–H groups in total. The summed E-state index contributed by atoms with van der Waals surface area (Å²) in [5.41, 5.74) is 5.78.